The highest BCUT2D eigenvalue weighted by molar-refractivity contribution is 8.93. The number of halogens is 2. The number of hydrogen-bond donors (Lipinski definition) is 0. The topological polar surface area (TPSA) is 26.5 Å². The van der Waals surface area contributed by atoms with E-state index in [-0.39, 0.29) is 17.0 Å². The van der Waals surface area contributed by atoms with Gasteiger partial charge in [0.1, 0.15) is 11.4 Å². The zero-order valence-electron chi connectivity index (χ0n) is 10.9. The molecule has 3 rings (SSSR count). The molecule has 2 heterocycles. The SMILES string of the molecule is Br.CCOc1ccc(-c2cn3ccc(Cl)cc3n2)cc1. The molecule has 0 aliphatic rings. The van der Waals surface area contributed by atoms with E-state index in [1.54, 1.807) is 0 Å². The van der Waals surface area contributed by atoms with E-state index in [4.69, 9.17) is 16.3 Å². The van der Waals surface area contributed by atoms with Crippen LogP contribution in [0.4, 0.5) is 0 Å². The first-order valence-electron chi connectivity index (χ1n) is 6.14. The van der Waals surface area contributed by atoms with Crippen molar-refractivity contribution in [2.45, 2.75) is 6.92 Å². The molecule has 0 aliphatic carbocycles. The fraction of sp³-hybridized carbons (Fsp3) is 0.133. The zero-order chi connectivity index (χ0) is 13.2. The Labute approximate surface area is 132 Å². The highest BCUT2D eigenvalue weighted by Crippen LogP contribution is 2.23. The van der Waals surface area contributed by atoms with Crippen molar-refractivity contribution < 1.29 is 4.74 Å². The van der Waals surface area contributed by atoms with E-state index < -0.39 is 0 Å². The van der Waals surface area contributed by atoms with Crippen LogP contribution in [0.1, 0.15) is 6.92 Å². The van der Waals surface area contributed by atoms with Crippen molar-refractivity contribution in [3.8, 4) is 17.0 Å². The molecule has 0 bridgehead atoms. The second-order valence-corrected chi connectivity index (χ2v) is 4.63. The summed E-state index contributed by atoms with van der Waals surface area (Å²) in [5.41, 5.74) is 2.82. The molecule has 0 atom stereocenters. The second-order valence-electron chi connectivity index (χ2n) is 4.19. The molecule has 3 aromatic rings. The van der Waals surface area contributed by atoms with Crippen molar-refractivity contribution in [3.63, 3.8) is 0 Å². The summed E-state index contributed by atoms with van der Waals surface area (Å²) in [6, 6.07) is 11.6. The lowest BCUT2D eigenvalue weighted by Crippen LogP contribution is -1.90. The monoisotopic (exact) mass is 352 g/mol. The third-order valence-corrected chi connectivity index (χ3v) is 3.12. The van der Waals surface area contributed by atoms with Crippen LogP contribution in [0.25, 0.3) is 16.9 Å². The number of pyridine rings is 1. The van der Waals surface area contributed by atoms with Gasteiger partial charge in [-0.3, -0.25) is 0 Å². The molecule has 1 aromatic carbocycles. The zero-order valence-corrected chi connectivity index (χ0v) is 13.4. The van der Waals surface area contributed by atoms with E-state index in [2.05, 4.69) is 4.98 Å². The van der Waals surface area contributed by atoms with E-state index >= 15 is 0 Å². The lowest BCUT2D eigenvalue weighted by Gasteiger charge is -2.02. The average molecular weight is 354 g/mol. The van der Waals surface area contributed by atoms with E-state index in [1.165, 1.54) is 0 Å². The molecule has 2 aromatic heterocycles. The Bertz CT molecular complexity index is 709. The van der Waals surface area contributed by atoms with Crippen LogP contribution in [0.2, 0.25) is 5.02 Å². The van der Waals surface area contributed by atoms with Gasteiger partial charge in [0.2, 0.25) is 0 Å². The van der Waals surface area contributed by atoms with Crippen molar-refractivity contribution >= 4 is 34.2 Å². The molecule has 5 heteroatoms. The molecule has 3 nitrogen and oxygen atoms in total. The molecular formula is C15H14BrClN2O. The van der Waals surface area contributed by atoms with Crippen LogP contribution in [0.15, 0.2) is 48.8 Å². The molecule has 0 aliphatic heterocycles. The van der Waals surface area contributed by atoms with Gasteiger partial charge in [-0.15, -0.1) is 17.0 Å². The second kappa shape index (κ2) is 6.29. The third kappa shape index (κ3) is 2.97. The largest absolute Gasteiger partial charge is 0.494 e. The van der Waals surface area contributed by atoms with Gasteiger partial charge >= 0.3 is 0 Å². The maximum Gasteiger partial charge on any atom is 0.138 e. The Kier molecular flexibility index (Phi) is 4.68. The van der Waals surface area contributed by atoms with E-state index in [1.807, 2.05) is 60.1 Å². The summed E-state index contributed by atoms with van der Waals surface area (Å²) < 4.78 is 7.38. The van der Waals surface area contributed by atoms with Crippen LogP contribution in [-0.2, 0) is 0 Å². The van der Waals surface area contributed by atoms with Gasteiger partial charge in [-0.25, -0.2) is 4.98 Å². The number of ether oxygens (including phenoxy) is 1. The van der Waals surface area contributed by atoms with Crippen molar-refractivity contribution in [1.29, 1.82) is 0 Å². The van der Waals surface area contributed by atoms with E-state index in [0.717, 1.165) is 22.7 Å². The highest BCUT2D eigenvalue weighted by Gasteiger charge is 2.05. The van der Waals surface area contributed by atoms with Gasteiger partial charge in [0.25, 0.3) is 0 Å². The molecule has 0 spiro atoms. The molecule has 0 amide bonds. The summed E-state index contributed by atoms with van der Waals surface area (Å²) in [5.74, 6) is 0.873. The van der Waals surface area contributed by atoms with Gasteiger partial charge in [-0.05, 0) is 37.3 Å². The van der Waals surface area contributed by atoms with Crippen LogP contribution in [-0.4, -0.2) is 16.0 Å². The lowest BCUT2D eigenvalue weighted by atomic mass is 10.2. The van der Waals surface area contributed by atoms with E-state index in [0.29, 0.717) is 11.6 Å². The Balaban J connectivity index is 0.00000147. The van der Waals surface area contributed by atoms with Gasteiger partial charge in [-0.2, -0.15) is 0 Å². The fourth-order valence-electron chi connectivity index (χ4n) is 1.98. The van der Waals surface area contributed by atoms with E-state index in [9.17, 15) is 0 Å². The van der Waals surface area contributed by atoms with Gasteiger partial charge in [0.15, 0.2) is 0 Å². The number of imidazole rings is 1. The number of nitrogens with zero attached hydrogens (tertiary/aromatic N) is 2. The molecule has 0 saturated carbocycles. The van der Waals surface area contributed by atoms with Crippen LogP contribution < -0.4 is 4.74 Å². The molecule has 104 valence electrons. The first-order valence-corrected chi connectivity index (χ1v) is 6.51. The smallest absolute Gasteiger partial charge is 0.138 e. The standard InChI is InChI=1S/C15H13ClN2O.BrH/c1-2-19-13-5-3-11(4-6-13)14-10-18-8-7-12(16)9-15(18)17-14;/h3-10H,2H2,1H3;1H. The van der Waals surface area contributed by atoms with Gasteiger partial charge in [0.05, 0.1) is 12.3 Å². The minimum atomic E-state index is 0. The Hall–Kier alpha value is -1.52. The Morgan fingerprint density at radius 2 is 1.95 bits per heavy atom. The summed E-state index contributed by atoms with van der Waals surface area (Å²) in [7, 11) is 0. The van der Waals surface area contributed by atoms with Crippen molar-refractivity contribution in [1.82, 2.24) is 9.38 Å². The number of aromatic nitrogens is 2. The van der Waals surface area contributed by atoms with Gasteiger partial charge in [-0.1, -0.05) is 11.6 Å². The highest BCUT2D eigenvalue weighted by atomic mass is 79.9. The molecule has 0 fully saturated rings. The third-order valence-electron chi connectivity index (χ3n) is 2.88. The number of fused-ring (bicyclic) bond motifs is 1. The minimum Gasteiger partial charge on any atom is -0.494 e. The predicted octanol–water partition coefficient (Wildman–Crippen LogP) is 4.63. The quantitative estimate of drug-likeness (QED) is 0.686. The summed E-state index contributed by atoms with van der Waals surface area (Å²) in [6.45, 7) is 2.64. The maximum absolute atomic E-state index is 5.96. The van der Waals surface area contributed by atoms with Crippen LogP contribution in [0, 0.1) is 0 Å². The predicted molar refractivity (Wildman–Crippen MR) is 87.1 cm³/mol. The first-order chi connectivity index (χ1) is 9.26. The van der Waals surface area contributed by atoms with Gasteiger partial charge in [0, 0.05) is 29.0 Å². The summed E-state index contributed by atoms with van der Waals surface area (Å²) in [5, 5.41) is 0.691. The normalized spacial score (nSPS) is 10.3. The van der Waals surface area contributed by atoms with Crippen LogP contribution in [0.3, 0.4) is 0 Å². The van der Waals surface area contributed by atoms with Crippen molar-refractivity contribution in [2.75, 3.05) is 6.61 Å². The first kappa shape index (κ1) is 14.9. The fourth-order valence-corrected chi connectivity index (χ4v) is 2.14. The maximum atomic E-state index is 5.96. The summed E-state index contributed by atoms with van der Waals surface area (Å²) in [4.78, 5) is 4.56. The Morgan fingerprint density at radius 1 is 1.20 bits per heavy atom. The van der Waals surface area contributed by atoms with Crippen LogP contribution in [0.5, 0.6) is 5.75 Å². The molecule has 0 saturated heterocycles. The molecule has 0 radical (unpaired) electrons. The van der Waals surface area contributed by atoms with Crippen molar-refractivity contribution in [3.05, 3.63) is 53.8 Å². The Morgan fingerprint density at radius 3 is 2.65 bits per heavy atom. The summed E-state index contributed by atoms with van der Waals surface area (Å²) >= 11 is 5.96. The number of hydrogen-bond acceptors (Lipinski definition) is 2. The average Bonchev–Trinajstić information content (AvgIpc) is 2.83. The van der Waals surface area contributed by atoms with Crippen LogP contribution >= 0.6 is 28.6 Å². The summed E-state index contributed by atoms with van der Waals surface area (Å²) in [6.07, 6.45) is 3.89. The number of rotatable bonds is 3. The van der Waals surface area contributed by atoms with Gasteiger partial charge < -0.3 is 9.14 Å². The van der Waals surface area contributed by atoms with Crippen molar-refractivity contribution in [2.24, 2.45) is 0 Å². The molecule has 0 unspecified atom stereocenters. The lowest BCUT2D eigenvalue weighted by molar-refractivity contribution is 0.340. The molecular weight excluding hydrogens is 340 g/mol. The molecule has 0 N–H and O–H groups in total. The number of benzene rings is 1. The molecule has 20 heavy (non-hydrogen) atoms. The minimum absolute atomic E-state index is 0.